The number of hydrogen-bond acceptors (Lipinski definition) is 6. The summed E-state index contributed by atoms with van der Waals surface area (Å²) in [6, 6.07) is 15.2. The normalized spacial score (nSPS) is 18.5. The number of nitrogens with zero attached hydrogens (tertiary/aromatic N) is 3. The zero-order chi connectivity index (χ0) is 19.2. The average Bonchev–Trinajstić information content (AvgIpc) is 2.96. The second-order valence-electron chi connectivity index (χ2n) is 5.90. The molecule has 0 bridgehead atoms. The fraction of sp³-hybridized carbons (Fsp3) is 0.250. The number of hydrogen-bond donors (Lipinski definition) is 0. The van der Waals surface area contributed by atoms with Crippen molar-refractivity contribution in [2.45, 2.75) is 18.7 Å². The molecule has 7 heteroatoms. The molecule has 1 heterocycles. The van der Waals surface area contributed by atoms with Crippen molar-refractivity contribution >= 4 is 29.1 Å². The van der Waals surface area contributed by atoms with E-state index in [1.807, 2.05) is 55.5 Å². The number of methoxy groups -OCH3 is 2. The Kier molecular flexibility index (Phi) is 6.13. The molecular weight excluding hydrogens is 362 g/mol. The van der Waals surface area contributed by atoms with Crippen LogP contribution in [0.1, 0.15) is 18.1 Å². The lowest BCUT2D eigenvalue weighted by Crippen LogP contribution is -2.30. The molecule has 0 spiro atoms. The minimum atomic E-state index is -0.177. The largest absolute Gasteiger partial charge is 0.497 e. The SMILES string of the molecule is COc1ccc(CN2C(=O)[C@@H](C)S/C2=N/N=C\c2ccccc2OC)cc1. The summed E-state index contributed by atoms with van der Waals surface area (Å²) in [7, 11) is 3.24. The van der Waals surface area contributed by atoms with Crippen LogP contribution in [0.2, 0.25) is 0 Å². The van der Waals surface area contributed by atoms with Gasteiger partial charge in [0.15, 0.2) is 5.17 Å². The van der Waals surface area contributed by atoms with E-state index in [1.54, 1.807) is 25.3 Å². The number of amidine groups is 1. The Hall–Kier alpha value is -2.80. The minimum absolute atomic E-state index is 0.0297. The van der Waals surface area contributed by atoms with E-state index in [4.69, 9.17) is 9.47 Å². The summed E-state index contributed by atoms with van der Waals surface area (Å²) in [5.74, 6) is 1.53. The quantitative estimate of drug-likeness (QED) is 0.565. The van der Waals surface area contributed by atoms with Crippen molar-refractivity contribution in [1.82, 2.24) is 4.90 Å². The lowest BCUT2D eigenvalue weighted by molar-refractivity contribution is -0.126. The molecule has 0 radical (unpaired) electrons. The van der Waals surface area contributed by atoms with Gasteiger partial charge in [-0.1, -0.05) is 36.0 Å². The van der Waals surface area contributed by atoms with Gasteiger partial charge in [0.2, 0.25) is 5.91 Å². The molecular formula is C20H21N3O3S. The van der Waals surface area contributed by atoms with Crippen LogP contribution in [0.3, 0.4) is 0 Å². The molecule has 2 aromatic carbocycles. The molecule has 1 atom stereocenters. The number of carbonyl (C=O) groups is 1. The fourth-order valence-electron chi connectivity index (χ4n) is 2.64. The minimum Gasteiger partial charge on any atom is -0.497 e. The Bertz CT molecular complexity index is 865. The standard InChI is InChI=1S/C20H21N3O3S/c1-14-19(24)23(13-15-8-10-17(25-2)11-9-15)20(27-14)22-21-12-16-6-4-5-7-18(16)26-3/h4-12,14H,13H2,1-3H3/b21-12-,22-20+/t14-/m1/s1. The molecule has 0 aliphatic carbocycles. The lowest BCUT2D eigenvalue weighted by atomic mass is 10.2. The average molecular weight is 383 g/mol. The van der Waals surface area contributed by atoms with E-state index in [9.17, 15) is 4.79 Å². The van der Waals surface area contributed by atoms with Crippen LogP contribution in [0.15, 0.2) is 58.7 Å². The Balaban J connectivity index is 1.78. The highest BCUT2D eigenvalue weighted by atomic mass is 32.2. The molecule has 6 nitrogen and oxygen atoms in total. The molecule has 0 aromatic heterocycles. The molecule has 0 saturated carbocycles. The van der Waals surface area contributed by atoms with Gasteiger partial charge in [-0.3, -0.25) is 9.69 Å². The fourth-order valence-corrected chi connectivity index (χ4v) is 3.56. The molecule has 0 unspecified atom stereocenters. The van der Waals surface area contributed by atoms with Crippen LogP contribution in [0.4, 0.5) is 0 Å². The summed E-state index contributed by atoms with van der Waals surface area (Å²) in [6.07, 6.45) is 1.63. The summed E-state index contributed by atoms with van der Waals surface area (Å²) in [6.45, 7) is 2.32. The molecule has 27 heavy (non-hydrogen) atoms. The Morgan fingerprint density at radius 3 is 2.56 bits per heavy atom. The summed E-state index contributed by atoms with van der Waals surface area (Å²) >= 11 is 1.41. The Morgan fingerprint density at radius 2 is 1.85 bits per heavy atom. The monoisotopic (exact) mass is 383 g/mol. The number of carbonyl (C=O) groups excluding carboxylic acids is 1. The smallest absolute Gasteiger partial charge is 0.242 e. The van der Waals surface area contributed by atoms with E-state index in [0.717, 1.165) is 22.6 Å². The van der Waals surface area contributed by atoms with Gasteiger partial charge in [-0.05, 0) is 36.8 Å². The maximum atomic E-state index is 12.5. The van der Waals surface area contributed by atoms with Crippen LogP contribution in [0.25, 0.3) is 0 Å². The highest BCUT2D eigenvalue weighted by molar-refractivity contribution is 8.15. The number of para-hydroxylation sites is 1. The molecule has 140 valence electrons. The molecule has 3 rings (SSSR count). The van der Waals surface area contributed by atoms with Crippen molar-refractivity contribution in [3.05, 3.63) is 59.7 Å². The second-order valence-corrected chi connectivity index (χ2v) is 7.21. The third-order valence-corrected chi connectivity index (χ3v) is 5.17. The summed E-state index contributed by atoms with van der Waals surface area (Å²) in [5.41, 5.74) is 1.83. The third-order valence-electron chi connectivity index (χ3n) is 4.11. The van der Waals surface area contributed by atoms with E-state index >= 15 is 0 Å². The predicted molar refractivity (Wildman–Crippen MR) is 109 cm³/mol. The maximum Gasteiger partial charge on any atom is 0.242 e. The maximum absolute atomic E-state index is 12.5. The van der Waals surface area contributed by atoms with Gasteiger partial charge in [0.1, 0.15) is 11.5 Å². The van der Waals surface area contributed by atoms with Gasteiger partial charge in [-0.15, -0.1) is 5.10 Å². The van der Waals surface area contributed by atoms with Crippen molar-refractivity contribution < 1.29 is 14.3 Å². The van der Waals surface area contributed by atoms with E-state index < -0.39 is 0 Å². The van der Waals surface area contributed by atoms with Crippen molar-refractivity contribution in [3.63, 3.8) is 0 Å². The number of benzene rings is 2. The third kappa shape index (κ3) is 4.49. The van der Waals surface area contributed by atoms with E-state index in [1.165, 1.54) is 11.8 Å². The lowest BCUT2D eigenvalue weighted by Gasteiger charge is -2.15. The highest BCUT2D eigenvalue weighted by Crippen LogP contribution is 2.29. The number of thioether (sulfide) groups is 1. The van der Waals surface area contributed by atoms with Crippen molar-refractivity contribution in [1.29, 1.82) is 0 Å². The molecule has 1 saturated heterocycles. The Morgan fingerprint density at radius 1 is 1.11 bits per heavy atom. The van der Waals surface area contributed by atoms with Gasteiger partial charge in [0, 0.05) is 5.56 Å². The summed E-state index contributed by atoms with van der Waals surface area (Å²) in [5, 5.41) is 8.86. The van der Waals surface area contributed by atoms with Crippen LogP contribution in [0.5, 0.6) is 11.5 Å². The van der Waals surface area contributed by atoms with Crippen molar-refractivity contribution in [2.75, 3.05) is 14.2 Å². The van der Waals surface area contributed by atoms with E-state index in [2.05, 4.69) is 10.2 Å². The van der Waals surface area contributed by atoms with Crippen LogP contribution >= 0.6 is 11.8 Å². The zero-order valence-electron chi connectivity index (χ0n) is 15.5. The first-order valence-corrected chi connectivity index (χ1v) is 9.35. The first-order chi connectivity index (χ1) is 13.1. The number of ether oxygens (including phenoxy) is 2. The Labute approximate surface area is 162 Å². The van der Waals surface area contributed by atoms with E-state index in [-0.39, 0.29) is 11.2 Å². The predicted octanol–water partition coefficient (Wildman–Crippen LogP) is 3.56. The van der Waals surface area contributed by atoms with Crippen LogP contribution in [0, 0.1) is 0 Å². The summed E-state index contributed by atoms with van der Waals surface area (Å²) < 4.78 is 10.5. The molecule has 1 aliphatic rings. The molecule has 2 aromatic rings. The van der Waals surface area contributed by atoms with Gasteiger partial charge in [0.25, 0.3) is 0 Å². The van der Waals surface area contributed by atoms with Crippen LogP contribution < -0.4 is 9.47 Å². The molecule has 1 amide bonds. The first kappa shape index (κ1) is 19.0. The van der Waals surface area contributed by atoms with Gasteiger partial charge >= 0.3 is 0 Å². The van der Waals surface area contributed by atoms with Gasteiger partial charge in [0.05, 0.1) is 32.2 Å². The first-order valence-electron chi connectivity index (χ1n) is 8.47. The van der Waals surface area contributed by atoms with Crippen LogP contribution in [-0.4, -0.2) is 41.7 Å². The van der Waals surface area contributed by atoms with Gasteiger partial charge in [-0.2, -0.15) is 5.10 Å². The van der Waals surface area contributed by atoms with Crippen molar-refractivity contribution in [2.24, 2.45) is 10.2 Å². The number of rotatable bonds is 6. The topological polar surface area (TPSA) is 63.5 Å². The van der Waals surface area contributed by atoms with Gasteiger partial charge in [-0.25, -0.2) is 0 Å². The molecule has 1 fully saturated rings. The highest BCUT2D eigenvalue weighted by Gasteiger charge is 2.35. The number of amides is 1. The molecule has 0 N–H and O–H groups in total. The van der Waals surface area contributed by atoms with Crippen molar-refractivity contribution in [3.8, 4) is 11.5 Å². The second kappa shape index (κ2) is 8.73. The van der Waals surface area contributed by atoms with Crippen LogP contribution in [-0.2, 0) is 11.3 Å². The molecule has 1 aliphatic heterocycles. The van der Waals surface area contributed by atoms with E-state index in [0.29, 0.717) is 11.7 Å². The zero-order valence-corrected chi connectivity index (χ0v) is 16.3. The van der Waals surface area contributed by atoms with Gasteiger partial charge < -0.3 is 9.47 Å². The summed E-state index contributed by atoms with van der Waals surface area (Å²) in [4.78, 5) is 14.2.